The van der Waals surface area contributed by atoms with Gasteiger partial charge in [0.15, 0.2) is 0 Å². The smallest absolute Gasteiger partial charge is 0.0136 e. The largest absolute Gasteiger partial charge is 0.0830 e. The van der Waals surface area contributed by atoms with Crippen LogP contribution in [0, 0.1) is 0 Å². The number of allylic oxidation sites excluding steroid dienone is 1. The third kappa shape index (κ3) is 1.77. The van der Waals surface area contributed by atoms with E-state index in [0.29, 0.717) is 5.92 Å². The van der Waals surface area contributed by atoms with Crippen molar-refractivity contribution in [1.82, 2.24) is 0 Å². The molecule has 0 aromatic heterocycles. The van der Waals surface area contributed by atoms with E-state index in [-0.39, 0.29) is 0 Å². The van der Waals surface area contributed by atoms with E-state index < -0.39 is 0 Å². The second-order valence-corrected chi connectivity index (χ2v) is 5.39. The van der Waals surface area contributed by atoms with Gasteiger partial charge in [-0.3, -0.25) is 0 Å². The maximum atomic E-state index is 2.30. The number of benzene rings is 3. The second kappa shape index (κ2) is 4.64. The highest BCUT2D eigenvalue weighted by Crippen LogP contribution is 2.37. The second-order valence-electron chi connectivity index (χ2n) is 5.39. The van der Waals surface area contributed by atoms with Gasteiger partial charge in [0.05, 0.1) is 0 Å². The van der Waals surface area contributed by atoms with Crippen molar-refractivity contribution in [3.05, 3.63) is 89.5 Å². The Hall–Kier alpha value is -2.34. The van der Waals surface area contributed by atoms with Gasteiger partial charge in [-0.05, 0) is 33.9 Å². The van der Waals surface area contributed by atoms with Crippen molar-refractivity contribution in [1.29, 1.82) is 0 Å². The molecular formula is C20H16. The van der Waals surface area contributed by atoms with Gasteiger partial charge in [-0.25, -0.2) is 0 Å². The van der Waals surface area contributed by atoms with E-state index >= 15 is 0 Å². The summed E-state index contributed by atoms with van der Waals surface area (Å²) in [5.74, 6) is 0.474. The first kappa shape index (κ1) is 11.5. The first-order valence-electron chi connectivity index (χ1n) is 7.16. The van der Waals surface area contributed by atoms with Crippen LogP contribution in [0.2, 0.25) is 0 Å². The van der Waals surface area contributed by atoms with Gasteiger partial charge in [-0.15, -0.1) is 0 Å². The molecule has 0 saturated heterocycles. The standard InChI is InChI=1S/C20H16/c1-3-11-17-15(7-1)9-5-13-19(17)20-14-6-10-16-8-2-4-12-18(16)20/h1-13,20H,14H2. The molecule has 0 heterocycles. The van der Waals surface area contributed by atoms with Gasteiger partial charge in [-0.1, -0.05) is 78.9 Å². The molecule has 1 atom stereocenters. The Bertz CT molecular complexity index is 791. The zero-order valence-corrected chi connectivity index (χ0v) is 11.3. The molecule has 0 spiro atoms. The molecular weight excluding hydrogens is 240 g/mol. The average molecular weight is 256 g/mol. The van der Waals surface area contributed by atoms with Crippen molar-refractivity contribution >= 4 is 16.8 Å². The zero-order chi connectivity index (χ0) is 13.4. The molecule has 0 N–H and O–H groups in total. The van der Waals surface area contributed by atoms with Crippen molar-refractivity contribution < 1.29 is 0 Å². The normalized spacial score (nSPS) is 17.1. The summed E-state index contributed by atoms with van der Waals surface area (Å²) < 4.78 is 0. The maximum absolute atomic E-state index is 2.30. The first-order valence-corrected chi connectivity index (χ1v) is 7.16. The van der Waals surface area contributed by atoms with Crippen LogP contribution in [0.15, 0.2) is 72.8 Å². The molecule has 3 aromatic carbocycles. The lowest BCUT2D eigenvalue weighted by Gasteiger charge is -2.23. The topological polar surface area (TPSA) is 0 Å². The zero-order valence-electron chi connectivity index (χ0n) is 11.3. The van der Waals surface area contributed by atoms with Crippen LogP contribution in [-0.4, -0.2) is 0 Å². The van der Waals surface area contributed by atoms with Crippen LogP contribution in [0.5, 0.6) is 0 Å². The molecule has 3 aromatic rings. The fraction of sp³-hybridized carbons (Fsp3) is 0.100. The quantitative estimate of drug-likeness (QED) is 0.547. The summed E-state index contributed by atoms with van der Waals surface area (Å²) in [7, 11) is 0. The highest BCUT2D eigenvalue weighted by molar-refractivity contribution is 5.87. The van der Waals surface area contributed by atoms with Gasteiger partial charge in [0.1, 0.15) is 0 Å². The Morgan fingerprint density at radius 2 is 1.45 bits per heavy atom. The van der Waals surface area contributed by atoms with Crippen LogP contribution < -0.4 is 0 Å². The molecule has 96 valence electrons. The molecule has 0 bridgehead atoms. The predicted octanol–water partition coefficient (Wildman–Crippen LogP) is 5.39. The van der Waals surface area contributed by atoms with Crippen LogP contribution in [0.1, 0.15) is 29.0 Å². The van der Waals surface area contributed by atoms with Crippen LogP contribution in [-0.2, 0) is 0 Å². The fourth-order valence-corrected chi connectivity index (χ4v) is 3.29. The summed E-state index contributed by atoms with van der Waals surface area (Å²) in [5, 5.41) is 2.71. The van der Waals surface area contributed by atoms with Crippen molar-refractivity contribution in [2.24, 2.45) is 0 Å². The summed E-state index contributed by atoms with van der Waals surface area (Å²) in [6.45, 7) is 0. The Morgan fingerprint density at radius 1 is 0.700 bits per heavy atom. The van der Waals surface area contributed by atoms with E-state index in [1.807, 2.05) is 0 Å². The lowest BCUT2D eigenvalue weighted by molar-refractivity contribution is 0.827. The number of hydrogen-bond acceptors (Lipinski definition) is 0. The third-order valence-corrected chi connectivity index (χ3v) is 4.24. The van der Waals surface area contributed by atoms with E-state index in [1.165, 1.54) is 27.5 Å². The monoisotopic (exact) mass is 256 g/mol. The van der Waals surface area contributed by atoms with Gasteiger partial charge in [0, 0.05) is 5.92 Å². The predicted molar refractivity (Wildman–Crippen MR) is 85.9 cm³/mol. The van der Waals surface area contributed by atoms with Crippen molar-refractivity contribution in [2.75, 3.05) is 0 Å². The van der Waals surface area contributed by atoms with E-state index in [0.717, 1.165) is 6.42 Å². The molecule has 0 saturated carbocycles. The first-order chi connectivity index (χ1) is 9.93. The third-order valence-electron chi connectivity index (χ3n) is 4.24. The minimum atomic E-state index is 0.474. The van der Waals surface area contributed by atoms with Gasteiger partial charge >= 0.3 is 0 Å². The lowest BCUT2D eigenvalue weighted by atomic mass is 9.80. The van der Waals surface area contributed by atoms with Crippen LogP contribution in [0.25, 0.3) is 16.8 Å². The summed E-state index contributed by atoms with van der Waals surface area (Å²) in [6.07, 6.45) is 5.64. The minimum absolute atomic E-state index is 0.474. The molecule has 0 aliphatic heterocycles. The van der Waals surface area contributed by atoms with E-state index in [9.17, 15) is 0 Å². The van der Waals surface area contributed by atoms with Crippen molar-refractivity contribution in [3.8, 4) is 0 Å². The molecule has 1 aliphatic rings. The molecule has 1 unspecified atom stereocenters. The summed E-state index contributed by atoms with van der Waals surface area (Å²) >= 11 is 0. The van der Waals surface area contributed by atoms with Gasteiger partial charge in [0.2, 0.25) is 0 Å². The molecule has 0 heteroatoms. The summed E-state index contributed by atoms with van der Waals surface area (Å²) in [4.78, 5) is 0. The van der Waals surface area contributed by atoms with Gasteiger partial charge in [-0.2, -0.15) is 0 Å². The number of rotatable bonds is 1. The Kier molecular flexibility index (Phi) is 2.67. The molecule has 0 radical (unpaired) electrons. The average Bonchev–Trinajstić information content (AvgIpc) is 2.54. The molecule has 4 rings (SSSR count). The molecule has 0 nitrogen and oxygen atoms in total. The Balaban J connectivity index is 1.95. The van der Waals surface area contributed by atoms with Gasteiger partial charge < -0.3 is 0 Å². The Labute approximate surface area is 119 Å². The highest BCUT2D eigenvalue weighted by atomic mass is 14.2. The van der Waals surface area contributed by atoms with Crippen molar-refractivity contribution in [2.45, 2.75) is 12.3 Å². The molecule has 20 heavy (non-hydrogen) atoms. The van der Waals surface area contributed by atoms with Gasteiger partial charge in [0.25, 0.3) is 0 Å². The van der Waals surface area contributed by atoms with E-state index in [2.05, 4.69) is 78.9 Å². The van der Waals surface area contributed by atoms with E-state index in [1.54, 1.807) is 0 Å². The Morgan fingerprint density at radius 3 is 2.45 bits per heavy atom. The van der Waals surface area contributed by atoms with E-state index in [4.69, 9.17) is 0 Å². The molecule has 0 fully saturated rings. The molecule has 1 aliphatic carbocycles. The SMILES string of the molecule is C1=Cc2ccccc2C(c2cccc3ccccc23)C1. The number of hydrogen-bond donors (Lipinski definition) is 0. The number of fused-ring (bicyclic) bond motifs is 2. The van der Waals surface area contributed by atoms with Crippen LogP contribution in [0.3, 0.4) is 0 Å². The summed E-state index contributed by atoms with van der Waals surface area (Å²) in [6, 6.07) is 24.1. The summed E-state index contributed by atoms with van der Waals surface area (Å²) in [5.41, 5.74) is 4.25. The minimum Gasteiger partial charge on any atom is -0.0830 e. The molecule has 0 amide bonds. The lowest BCUT2D eigenvalue weighted by Crippen LogP contribution is -2.06. The van der Waals surface area contributed by atoms with Crippen molar-refractivity contribution in [3.63, 3.8) is 0 Å². The van der Waals surface area contributed by atoms with Crippen LogP contribution >= 0.6 is 0 Å². The fourth-order valence-electron chi connectivity index (χ4n) is 3.29. The van der Waals surface area contributed by atoms with Crippen LogP contribution in [0.4, 0.5) is 0 Å². The maximum Gasteiger partial charge on any atom is 0.0136 e. The highest BCUT2D eigenvalue weighted by Gasteiger charge is 2.19.